The quantitative estimate of drug-likeness (QED) is 0.432. The number of esters is 1. The van der Waals surface area contributed by atoms with Crippen LogP contribution in [-0.4, -0.2) is 22.8 Å². The molecule has 0 spiro atoms. The summed E-state index contributed by atoms with van der Waals surface area (Å²) < 4.78 is 3.96. The van der Waals surface area contributed by atoms with E-state index in [1.165, 1.54) is 26.3 Å². The number of hydrogen-bond donors (Lipinski definition) is 1. The Bertz CT molecular complexity index is 66.0. The summed E-state index contributed by atoms with van der Waals surface area (Å²) in [6, 6.07) is 0. The van der Waals surface area contributed by atoms with E-state index < -0.39 is 12.8 Å². The van der Waals surface area contributed by atoms with Gasteiger partial charge in [-0.15, -0.1) is 0 Å². The summed E-state index contributed by atoms with van der Waals surface area (Å²) >= 11 is 1.33. The maximum Gasteiger partial charge on any atom is -0.358 e. The van der Waals surface area contributed by atoms with Crippen LogP contribution in [0.25, 0.3) is 0 Å². The van der Waals surface area contributed by atoms with E-state index in [4.69, 9.17) is 5.11 Å². The van der Waals surface area contributed by atoms with Crippen molar-refractivity contribution in [3.05, 3.63) is 14.9 Å². The summed E-state index contributed by atoms with van der Waals surface area (Å²) in [5.41, 5.74) is 0. The molecule has 0 aromatic carbocycles. The Hall–Kier alpha value is -0.0117. The van der Waals surface area contributed by atoms with Crippen LogP contribution in [-0.2, 0) is 28.9 Å². The number of ether oxygens (including phenoxy) is 1. The van der Waals surface area contributed by atoms with Crippen LogP contribution in [0.5, 0.6) is 0 Å². The van der Waals surface area contributed by atoms with Crippen LogP contribution in [0.3, 0.4) is 0 Å². The molecule has 1 N–H and O–H groups in total. The minimum atomic E-state index is -0.519. The SMILES string of the molecule is CC(=O)OCO.[CH2]=[W].[CH3-].[CH3-]. The topological polar surface area (TPSA) is 46.5 Å². The molecule has 0 radical (unpaired) electrons. The van der Waals surface area contributed by atoms with Gasteiger partial charge >= 0.3 is 30.2 Å². The second-order valence-corrected chi connectivity index (χ2v) is 0.765. The molecule has 64 valence electrons. The third-order valence-electron chi connectivity index (χ3n) is 0.268. The van der Waals surface area contributed by atoms with Gasteiger partial charge in [0, 0.05) is 6.92 Å². The molecule has 0 unspecified atom stereocenters. The fourth-order valence-corrected chi connectivity index (χ4v) is 0.0909. The first-order valence-corrected chi connectivity index (χ1v) is 3.88. The first-order chi connectivity index (χ1) is 3.77. The molecule has 0 atom stereocenters. The smallest absolute Gasteiger partial charge is 0.358 e. The molecule has 3 nitrogen and oxygen atoms in total. The van der Waals surface area contributed by atoms with Crippen LogP contribution in [0, 0.1) is 14.9 Å². The van der Waals surface area contributed by atoms with Gasteiger partial charge in [-0.3, -0.25) is 4.79 Å². The predicted octanol–water partition coefficient (Wildman–Crippen LogP) is 0.365. The Morgan fingerprint density at radius 2 is 1.90 bits per heavy atom. The van der Waals surface area contributed by atoms with Crippen LogP contribution in [0.4, 0.5) is 0 Å². The predicted molar refractivity (Wildman–Crippen MR) is 38.8 cm³/mol. The van der Waals surface area contributed by atoms with Gasteiger partial charge in [0.25, 0.3) is 0 Å². The van der Waals surface area contributed by atoms with Gasteiger partial charge in [-0.05, 0) is 0 Å². The number of hydrogen-bond acceptors (Lipinski definition) is 3. The summed E-state index contributed by atoms with van der Waals surface area (Å²) in [7, 11) is 0. The third-order valence-corrected chi connectivity index (χ3v) is 0.268. The van der Waals surface area contributed by atoms with Crippen LogP contribution in [0.2, 0.25) is 0 Å². The molecule has 0 heterocycles. The summed E-state index contributed by atoms with van der Waals surface area (Å²) in [5, 5.41) is 7.79. The Kier molecular flexibility index (Phi) is 51.9. The molecule has 0 amide bonds. The minimum Gasteiger partial charge on any atom is -0.358 e. The van der Waals surface area contributed by atoms with Crippen molar-refractivity contribution >= 4 is 10.9 Å². The zero-order chi connectivity index (χ0) is 6.99. The van der Waals surface area contributed by atoms with Crippen molar-refractivity contribution in [1.29, 1.82) is 0 Å². The molecular weight excluding hydrogens is 304 g/mol. The van der Waals surface area contributed by atoms with Gasteiger partial charge < -0.3 is 24.7 Å². The number of aliphatic hydroxyl groups excluding tert-OH is 1. The molecule has 10 heavy (non-hydrogen) atoms. The van der Waals surface area contributed by atoms with Crippen molar-refractivity contribution in [3.63, 3.8) is 0 Å². The van der Waals surface area contributed by atoms with Gasteiger partial charge in [-0.25, -0.2) is 0 Å². The molecule has 0 aliphatic rings. The number of carbonyl (C=O) groups excluding carboxylic acids is 1. The maximum absolute atomic E-state index is 9.66. The van der Waals surface area contributed by atoms with Crippen LogP contribution in [0.1, 0.15) is 6.92 Å². The fraction of sp³-hybridized carbons (Fsp3) is 0.333. The molecular formula is C6H14O3W-2. The molecule has 0 saturated heterocycles. The summed E-state index contributed by atoms with van der Waals surface area (Å²) in [5.74, 6) is -0.461. The van der Waals surface area contributed by atoms with E-state index >= 15 is 0 Å². The first-order valence-electron chi connectivity index (χ1n) is 1.80. The van der Waals surface area contributed by atoms with E-state index in [0.717, 1.165) is 0 Å². The number of rotatable bonds is 1. The molecule has 0 aliphatic carbocycles. The van der Waals surface area contributed by atoms with Gasteiger partial charge in [0.2, 0.25) is 0 Å². The third kappa shape index (κ3) is 43.7. The molecule has 0 fully saturated rings. The average molecular weight is 318 g/mol. The van der Waals surface area contributed by atoms with Gasteiger partial charge in [-0.1, -0.05) is 0 Å². The average Bonchev–Trinajstić information content (AvgIpc) is 1.72. The van der Waals surface area contributed by atoms with E-state index in [1.807, 2.05) is 0 Å². The Balaban J connectivity index is -0.0000000412. The molecule has 0 aliphatic heterocycles. The van der Waals surface area contributed by atoms with E-state index in [-0.39, 0.29) is 14.9 Å². The molecule has 0 rings (SSSR count). The van der Waals surface area contributed by atoms with Gasteiger partial charge in [-0.2, -0.15) is 0 Å². The van der Waals surface area contributed by atoms with Gasteiger partial charge in [0.05, 0.1) is 0 Å². The van der Waals surface area contributed by atoms with Crippen molar-refractivity contribution < 1.29 is 34.0 Å². The normalized spacial score (nSPS) is 5.00. The Morgan fingerprint density at radius 3 is 1.90 bits per heavy atom. The monoisotopic (exact) mass is 318 g/mol. The molecule has 0 aromatic rings. The molecule has 4 heteroatoms. The van der Waals surface area contributed by atoms with Gasteiger partial charge in [0.1, 0.15) is 0 Å². The number of aliphatic hydroxyl groups is 1. The summed E-state index contributed by atoms with van der Waals surface area (Å²) in [6.07, 6.45) is 0. The van der Waals surface area contributed by atoms with E-state index in [9.17, 15) is 4.79 Å². The van der Waals surface area contributed by atoms with E-state index in [0.29, 0.717) is 0 Å². The molecule has 0 aromatic heterocycles. The summed E-state index contributed by atoms with van der Waals surface area (Å²) in [6.45, 7) is 0.714. The zero-order valence-electron chi connectivity index (χ0n) is 6.59. The fourth-order valence-electron chi connectivity index (χ4n) is 0.0909. The van der Waals surface area contributed by atoms with E-state index in [2.05, 4.69) is 9.64 Å². The van der Waals surface area contributed by atoms with Crippen molar-refractivity contribution in [2.75, 3.05) is 6.79 Å². The molecule has 0 saturated carbocycles. The van der Waals surface area contributed by atoms with Crippen LogP contribution < -0.4 is 0 Å². The first kappa shape index (κ1) is 22.5. The van der Waals surface area contributed by atoms with Crippen LogP contribution in [0.15, 0.2) is 0 Å². The largest absolute Gasteiger partial charge is 0.358 e. The van der Waals surface area contributed by atoms with E-state index in [1.54, 1.807) is 0 Å². The second-order valence-electron chi connectivity index (χ2n) is 0.765. The van der Waals surface area contributed by atoms with Gasteiger partial charge in [0.15, 0.2) is 6.79 Å². The second kappa shape index (κ2) is 23.1. The summed E-state index contributed by atoms with van der Waals surface area (Å²) in [4.78, 5) is 13.0. The number of carbonyl (C=O) groups is 1. The Labute approximate surface area is 73.8 Å². The zero-order valence-corrected chi connectivity index (χ0v) is 9.52. The standard InChI is InChI=1S/C3H6O3.2CH3.CH2.W/c1-3(5)6-2-4;;;;/h4H,2H2,1H3;2*1H3;1H2;/q;2*-1;;. The van der Waals surface area contributed by atoms with Crippen LogP contribution >= 0.6 is 0 Å². The van der Waals surface area contributed by atoms with Crippen molar-refractivity contribution in [2.24, 2.45) is 0 Å². The van der Waals surface area contributed by atoms with Crippen molar-refractivity contribution in [1.82, 2.24) is 0 Å². The maximum atomic E-state index is 9.66. The minimum absolute atomic E-state index is 0. The van der Waals surface area contributed by atoms with Crippen molar-refractivity contribution in [2.45, 2.75) is 6.92 Å². The molecule has 0 bridgehead atoms. The Morgan fingerprint density at radius 1 is 1.60 bits per heavy atom. The van der Waals surface area contributed by atoms with Crippen molar-refractivity contribution in [3.8, 4) is 0 Å².